The monoisotopic (exact) mass is 357 g/mol. The number of aromatic nitrogens is 2. The Morgan fingerprint density at radius 1 is 1.15 bits per heavy atom. The topological polar surface area (TPSA) is 67.0 Å². The van der Waals surface area contributed by atoms with Crippen LogP contribution in [0.4, 0.5) is 0 Å². The van der Waals surface area contributed by atoms with Crippen molar-refractivity contribution in [2.75, 3.05) is 7.11 Å². The van der Waals surface area contributed by atoms with E-state index in [2.05, 4.69) is 45.6 Å². The van der Waals surface area contributed by atoms with E-state index in [0.29, 0.717) is 6.42 Å². The molecule has 2 aromatic carbocycles. The fourth-order valence-electron chi connectivity index (χ4n) is 4.07. The Labute approximate surface area is 156 Å². The first-order chi connectivity index (χ1) is 13.2. The van der Waals surface area contributed by atoms with Gasteiger partial charge in [0.05, 0.1) is 13.2 Å². The number of carbonyl (C=O) groups is 1. The molecule has 0 spiro atoms. The van der Waals surface area contributed by atoms with Gasteiger partial charge >= 0.3 is 5.97 Å². The number of pyridine rings is 1. The number of hydrogen-bond acceptors (Lipinski definition) is 4. The standard InChI is InChI=1S/C22H19N3O2/c1-27-22(26)19-11-17-16-4-2-3-5-18(16)24-21(17)20(25-19)14-6-7-15-12-23-9-8-13(15)10-14/h2-10,12,19-20,24-25H,11H2,1H3. The van der Waals surface area contributed by atoms with Crippen molar-refractivity contribution in [1.29, 1.82) is 0 Å². The number of fused-ring (bicyclic) bond motifs is 4. The zero-order valence-electron chi connectivity index (χ0n) is 14.9. The van der Waals surface area contributed by atoms with Crippen LogP contribution >= 0.6 is 0 Å². The normalized spacial score (nSPS) is 19.1. The molecule has 5 rings (SSSR count). The number of hydrogen-bond donors (Lipinski definition) is 2. The fraction of sp³-hybridized carbons (Fsp3) is 0.182. The van der Waals surface area contributed by atoms with Crippen molar-refractivity contribution in [2.24, 2.45) is 0 Å². The SMILES string of the molecule is COC(=O)C1Cc2c([nH]c3ccccc23)C(c2ccc3cnccc3c2)N1. The van der Waals surface area contributed by atoms with Crippen LogP contribution in [0.5, 0.6) is 0 Å². The highest BCUT2D eigenvalue weighted by molar-refractivity contribution is 5.88. The van der Waals surface area contributed by atoms with Gasteiger partial charge in [-0.3, -0.25) is 15.1 Å². The highest BCUT2D eigenvalue weighted by atomic mass is 16.5. The highest BCUT2D eigenvalue weighted by Gasteiger charge is 2.34. The molecule has 0 saturated heterocycles. The molecule has 27 heavy (non-hydrogen) atoms. The van der Waals surface area contributed by atoms with Gasteiger partial charge in [0.1, 0.15) is 6.04 Å². The predicted molar refractivity (Wildman–Crippen MR) is 105 cm³/mol. The number of nitrogens with zero attached hydrogens (tertiary/aromatic N) is 1. The van der Waals surface area contributed by atoms with Gasteiger partial charge in [-0.2, -0.15) is 0 Å². The van der Waals surface area contributed by atoms with E-state index in [1.165, 1.54) is 12.7 Å². The molecule has 0 radical (unpaired) electrons. The van der Waals surface area contributed by atoms with E-state index in [1.54, 1.807) is 6.20 Å². The molecule has 0 aliphatic carbocycles. The van der Waals surface area contributed by atoms with Crippen LogP contribution in [0.15, 0.2) is 60.9 Å². The molecular formula is C22H19N3O2. The average Bonchev–Trinajstić information content (AvgIpc) is 3.11. The second kappa shape index (κ2) is 6.21. The molecule has 0 saturated carbocycles. The van der Waals surface area contributed by atoms with Crippen molar-refractivity contribution in [3.8, 4) is 0 Å². The van der Waals surface area contributed by atoms with E-state index in [9.17, 15) is 4.79 Å². The van der Waals surface area contributed by atoms with Crippen LogP contribution in [0, 0.1) is 0 Å². The molecule has 2 aromatic heterocycles. The Bertz CT molecular complexity index is 1160. The third-order valence-corrected chi connectivity index (χ3v) is 5.40. The number of aromatic amines is 1. The summed E-state index contributed by atoms with van der Waals surface area (Å²) < 4.78 is 5.03. The summed E-state index contributed by atoms with van der Waals surface area (Å²) in [5.74, 6) is -0.235. The molecule has 5 heteroatoms. The summed E-state index contributed by atoms with van der Waals surface area (Å²) in [5.41, 5.74) is 4.49. The van der Waals surface area contributed by atoms with Crippen LogP contribution in [0.3, 0.4) is 0 Å². The van der Waals surface area contributed by atoms with Gasteiger partial charge in [-0.15, -0.1) is 0 Å². The molecule has 2 N–H and O–H groups in total. The van der Waals surface area contributed by atoms with E-state index in [4.69, 9.17) is 4.74 Å². The first-order valence-corrected chi connectivity index (χ1v) is 9.01. The number of esters is 1. The maximum absolute atomic E-state index is 12.3. The third-order valence-electron chi connectivity index (χ3n) is 5.40. The number of methoxy groups -OCH3 is 1. The summed E-state index contributed by atoms with van der Waals surface area (Å²) in [6, 6.07) is 16.1. The molecule has 2 unspecified atom stereocenters. The van der Waals surface area contributed by atoms with E-state index in [-0.39, 0.29) is 18.1 Å². The van der Waals surface area contributed by atoms with Crippen LogP contribution in [0.1, 0.15) is 22.9 Å². The van der Waals surface area contributed by atoms with Crippen molar-refractivity contribution in [3.63, 3.8) is 0 Å². The smallest absolute Gasteiger partial charge is 0.323 e. The van der Waals surface area contributed by atoms with Crippen molar-refractivity contribution in [3.05, 3.63) is 77.7 Å². The Morgan fingerprint density at radius 2 is 2.04 bits per heavy atom. The van der Waals surface area contributed by atoms with Crippen LogP contribution in [0.2, 0.25) is 0 Å². The van der Waals surface area contributed by atoms with E-state index < -0.39 is 0 Å². The van der Waals surface area contributed by atoms with Gasteiger partial charge in [0.15, 0.2) is 0 Å². The lowest BCUT2D eigenvalue weighted by molar-refractivity contribution is -0.143. The summed E-state index contributed by atoms with van der Waals surface area (Å²) in [7, 11) is 1.44. The van der Waals surface area contributed by atoms with Gasteiger partial charge < -0.3 is 9.72 Å². The van der Waals surface area contributed by atoms with Crippen LogP contribution in [0.25, 0.3) is 21.7 Å². The minimum absolute atomic E-state index is 0.109. The van der Waals surface area contributed by atoms with Crippen molar-refractivity contribution in [2.45, 2.75) is 18.5 Å². The maximum atomic E-state index is 12.3. The lowest BCUT2D eigenvalue weighted by Gasteiger charge is -2.30. The lowest BCUT2D eigenvalue weighted by atomic mass is 9.89. The summed E-state index contributed by atoms with van der Waals surface area (Å²) in [6.45, 7) is 0. The zero-order valence-corrected chi connectivity index (χ0v) is 14.9. The molecule has 0 fully saturated rings. The lowest BCUT2D eigenvalue weighted by Crippen LogP contribution is -2.45. The number of nitrogens with one attached hydrogen (secondary N) is 2. The summed E-state index contributed by atoms with van der Waals surface area (Å²) in [5, 5.41) is 6.87. The first-order valence-electron chi connectivity index (χ1n) is 9.01. The second-order valence-corrected chi connectivity index (χ2v) is 6.92. The highest BCUT2D eigenvalue weighted by Crippen LogP contribution is 2.36. The number of rotatable bonds is 2. The maximum Gasteiger partial charge on any atom is 0.323 e. The molecule has 1 aliphatic rings. The van der Waals surface area contributed by atoms with Gasteiger partial charge in [-0.25, -0.2) is 0 Å². The Balaban J connectivity index is 1.69. The first kappa shape index (κ1) is 16.0. The van der Waals surface area contributed by atoms with Crippen LogP contribution in [-0.2, 0) is 16.0 Å². The summed E-state index contributed by atoms with van der Waals surface area (Å²) in [6.07, 6.45) is 4.27. The number of benzene rings is 2. The van der Waals surface area contributed by atoms with Gasteiger partial charge in [0, 0.05) is 40.8 Å². The van der Waals surface area contributed by atoms with Crippen LogP contribution < -0.4 is 5.32 Å². The third kappa shape index (κ3) is 2.59. The van der Waals surface area contributed by atoms with E-state index in [0.717, 1.165) is 32.9 Å². The minimum Gasteiger partial charge on any atom is -0.468 e. The molecule has 5 nitrogen and oxygen atoms in total. The van der Waals surface area contributed by atoms with Crippen LogP contribution in [-0.4, -0.2) is 29.1 Å². The molecular weight excluding hydrogens is 338 g/mol. The molecule has 4 aromatic rings. The van der Waals surface area contributed by atoms with E-state index in [1.807, 2.05) is 24.4 Å². The number of carbonyl (C=O) groups excluding carboxylic acids is 1. The molecule has 0 bridgehead atoms. The van der Waals surface area contributed by atoms with E-state index >= 15 is 0 Å². The Hall–Kier alpha value is -3.18. The number of para-hydroxylation sites is 1. The average molecular weight is 357 g/mol. The largest absolute Gasteiger partial charge is 0.468 e. The van der Waals surface area contributed by atoms with Crippen molar-refractivity contribution in [1.82, 2.24) is 15.3 Å². The zero-order chi connectivity index (χ0) is 18.4. The number of H-pyrrole nitrogens is 1. The minimum atomic E-state index is -0.375. The Morgan fingerprint density at radius 3 is 2.93 bits per heavy atom. The quantitative estimate of drug-likeness (QED) is 0.539. The molecule has 0 amide bonds. The van der Waals surface area contributed by atoms with Gasteiger partial charge in [-0.1, -0.05) is 30.3 Å². The van der Waals surface area contributed by atoms with Gasteiger partial charge in [0.25, 0.3) is 0 Å². The molecule has 3 heterocycles. The molecule has 1 aliphatic heterocycles. The summed E-state index contributed by atoms with van der Waals surface area (Å²) in [4.78, 5) is 20.1. The number of ether oxygens (including phenoxy) is 1. The van der Waals surface area contributed by atoms with Crippen molar-refractivity contribution < 1.29 is 9.53 Å². The van der Waals surface area contributed by atoms with Crippen molar-refractivity contribution >= 4 is 27.6 Å². The Kier molecular flexibility index (Phi) is 3.69. The van der Waals surface area contributed by atoms with Gasteiger partial charge in [-0.05, 0) is 34.7 Å². The fourth-order valence-corrected chi connectivity index (χ4v) is 4.07. The summed E-state index contributed by atoms with van der Waals surface area (Å²) >= 11 is 0. The molecule has 2 atom stereocenters. The molecule has 134 valence electrons. The van der Waals surface area contributed by atoms with Gasteiger partial charge in [0.2, 0.25) is 0 Å². The predicted octanol–water partition coefficient (Wildman–Crippen LogP) is 3.49. The second-order valence-electron chi connectivity index (χ2n) is 6.92.